The van der Waals surface area contributed by atoms with Gasteiger partial charge in [-0.25, -0.2) is 0 Å². The summed E-state index contributed by atoms with van der Waals surface area (Å²) >= 11 is 0. The van der Waals surface area contributed by atoms with Crippen LogP contribution in [0.25, 0.3) is 0 Å². The number of hydrogen-bond acceptors (Lipinski definition) is 0. The Labute approximate surface area is 30.0 Å². The molecule has 0 aliphatic carbocycles. The predicted molar refractivity (Wildman–Crippen MR) is 20.5 cm³/mol. The van der Waals surface area contributed by atoms with E-state index in [0.717, 1.165) is 0 Å². The van der Waals surface area contributed by atoms with Gasteiger partial charge in [-0.1, -0.05) is 12.2 Å². The molecule has 24 valence electrons. The number of allylic oxidation sites excluding steroid dienone is 2. The van der Waals surface area contributed by atoms with Crippen molar-refractivity contribution in [3.8, 4) is 0 Å². The highest BCUT2D eigenvalue weighted by Gasteiger charge is 1.34. The summed E-state index contributed by atoms with van der Waals surface area (Å²) in [6.45, 7) is 1.02. The van der Waals surface area contributed by atoms with Crippen LogP contribution in [0.1, 0.15) is 16.5 Å². The van der Waals surface area contributed by atoms with Gasteiger partial charge in [0.25, 0.3) is 0 Å². The molecular formula is C4H8. The molecule has 0 unspecified atom stereocenters. The molecule has 0 aliphatic rings. The Balaban J connectivity index is 3.03. The number of hydrogen-bond donors (Lipinski definition) is 0. The normalized spacial score (nSPS) is 17.5. The van der Waals surface area contributed by atoms with E-state index in [-0.39, 0.29) is 0 Å². The van der Waals surface area contributed by atoms with Gasteiger partial charge in [0.1, 0.15) is 0 Å². The van der Waals surface area contributed by atoms with Crippen LogP contribution < -0.4 is 0 Å². The van der Waals surface area contributed by atoms with Gasteiger partial charge in [-0.15, -0.1) is 0 Å². The zero-order valence-corrected chi connectivity index (χ0v) is 2.73. The molecule has 0 amide bonds. The Morgan fingerprint density at radius 3 is 2.50 bits per heavy atom. The molecule has 0 N–H and O–H groups in total. The highest BCUT2D eigenvalue weighted by Crippen LogP contribution is 1.57. The van der Waals surface area contributed by atoms with Crippen molar-refractivity contribution in [2.45, 2.75) is 13.8 Å². The Bertz CT molecular complexity index is 47.5. The molecular weight excluding hydrogens is 48.0 g/mol. The summed E-state index contributed by atoms with van der Waals surface area (Å²) in [6.07, 6.45) is 3.20. The second kappa shape index (κ2) is 2.74. The lowest BCUT2D eigenvalue weighted by Gasteiger charge is -1.49. The van der Waals surface area contributed by atoms with Gasteiger partial charge >= 0.3 is 0 Å². The molecule has 0 bridgehead atoms. The monoisotopic (exact) mass is 58.1 g/mol. The van der Waals surface area contributed by atoms with Crippen LogP contribution in [-0.4, -0.2) is 0 Å². The molecule has 0 heteroatoms. The first-order valence-corrected chi connectivity index (χ1v) is 1.24. The Kier molecular flexibility index (Phi) is 0.856. The maximum absolute atomic E-state index is 6.56. The van der Waals surface area contributed by atoms with Gasteiger partial charge in [0.2, 0.25) is 0 Å². The molecule has 0 heterocycles. The molecule has 0 fully saturated rings. The summed E-state index contributed by atoms with van der Waals surface area (Å²) in [5, 5.41) is 0. The Hall–Kier alpha value is -0.260. The maximum Gasteiger partial charge on any atom is 0.0273 e. The molecule has 0 rings (SSSR count). The highest BCUT2D eigenvalue weighted by molar-refractivity contribution is 4.68. The molecule has 0 atom stereocenters. The van der Waals surface area contributed by atoms with E-state index in [2.05, 4.69) is 0 Å². The fourth-order valence-electron chi connectivity index (χ4n) is 0. The van der Waals surface area contributed by atoms with Crippen molar-refractivity contribution in [3.05, 3.63) is 12.2 Å². The fraction of sp³-hybridized carbons (Fsp3) is 0.500. The summed E-state index contributed by atoms with van der Waals surface area (Å²) in [6, 6.07) is 0. The second-order valence-electron chi connectivity index (χ2n) is 0.526. The molecule has 0 spiro atoms. The SMILES string of the molecule is [2H]C([2H])/C=C\C. The Morgan fingerprint density at radius 2 is 2.50 bits per heavy atom. The first kappa shape index (κ1) is 1.25. The molecule has 0 saturated carbocycles. The summed E-state index contributed by atoms with van der Waals surface area (Å²) in [5.41, 5.74) is 0. The molecule has 0 nitrogen and oxygen atoms in total. The van der Waals surface area contributed by atoms with Crippen LogP contribution in [0.3, 0.4) is 0 Å². The molecule has 0 saturated heterocycles. The first-order valence-electron chi connectivity index (χ1n) is 2.40. The predicted octanol–water partition coefficient (Wildman–Crippen LogP) is 1.58. The second-order valence-corrected chi connectivity index (χ2v) is 0.526. The molecule has 0 aromatic heterocycles. The van der Waals surface area contributed by atoms with Crippen molar-refractivity contribution in [3.63, 3.8) is 0 Å². The van der Waals surface area contributed by atoms with Crippen molar-refractivity contribution >= 4 is 0 Å². The van der Waals surface area contributed by atoms with E-state index in [1.807, 2.05) is 0 Å². The molecule has 0 radical (unpaired) electrons. The van der Waals surface area contributed by atoms with E-state index in [1.165, 1.54) is 6.08 Å². The standard InChI is InChI=1S/C4H8/c1-3-4-2/h3-4H,1-2H3/b4-3-/i1D2. The van der Waals surface area contributed by atoms with E-state index < -0.39 is 6.88 Å². The minimum absolute atomic E-state index is 0.782. The summed E-state index contributed by atoms with van der Waals surface area (Å²) in [7, 11) is 0. The average molecular weight is 58.1 g/mol. The molecule has 4 heavy (non-hydrogen) atoms. The topological polar surface area (TPSA) is 0 Å². The molecule has 0 aliphatic heterocycles. The summed E-state index contributed by atoms with van der Waals surface area (Å²) in [4.78, 5) is 0. The van der Waals surface area contributed by atoms with Crippen LogP contribution in [0.2, 0.25) is 0 Å². The zero-order chi connectivity index (χ0) is 4.99. The van der Waals surface area contributed by atoms with Crippen molar-refractivity contribution in [2.24, 2.45) is 0 Å². The van der Waals surface area contributed by atoms with Crippen LogP contribution >= 0.6 is 0 Å². The quantitative estimate of drug-likeness (QED) is 0.371. The van der Waals surface area contributed by atoms with Crippen LogP contribution in [0, 0.1) is 0 Å². The van der Waals surface area contributed by atoms with Gasteiger partial charge in [0, 0.05) is 2.74 Å². The van der Waals surface area contributed by atoms with E-state index >= 15 is 0 Å². The third-order valence-electron chi connectivity index (χ3n) is 0.192. The van der Waals surface area contributed by atoms with Crippen LogP contribution in [0.5, 0.6) is 0 Å². The third-order valence-corrected chi connectivity index (χ3v) is 0.192. The van der Waals surface area contributed by atoms with Crippen LogP contribution in [0.15, 0.2) is 12.2 Å². The number of rotatable bonds is 0. The lowest BCUT2D eigenvalue weighted by atomic mass is 10.6. The van der Waals surface area contributed by atoms with Gasteiger partial charge in [-0.05, 0) is 13.8 Å². The van der Waals surface area contributed by atoms with Crippen molar-refractivity contribution < 1.29 is 2.74 Å². The largest absolute Gasteiger partial charge is 0.0919 e. The molecule has 0 aromatic rings. The lowest BCUT2D eigenvalue weighted by Crippen LogP contribution is -1.26. The molecule has 0 aromatic carbocycles. The van der Waals surface area contributed by atoms with E-state index in [9.17, 15) is 0 Å². The zero-order valence-electron chi connectivity index (χ0n) is 4.73. The maximum atomic E-state index is 6.56. The fourth-order valence-corrected chi connectivity index (χ4v) is 0. The van der Waals surface area contributed by atoms with Gasteiger partial charge in [-0.3, -0.25) is 0 Å². The van der Waals surface area contributed by atoms with Crippen molar-refractivity contribution in [1.82, 2.24) is 0 Å². The minimum atomic E-state index is -0.782. The third kappa shape index (κ3) is 1.74. The van der Waals surface area contributed by atoms with Crippen LogP contribution in [0.4, 0.5) is 0 Å². The van der Waals surface area contributed by atoms with E-state index in [1.54, 1.807) is 13.0 Å². The summed E-state index contributed by atoms with van der Waals surface area (Å²) in [5.74, 6) is 0. The Morgan fingerprint density at radius 1 is 1.75 bits per heavy atom. The van der Waals surface area contributed by atoms with Gasteiger partial charge in [0.15, 0.2) is 0 Å². The van der Waals surface area contributed by atoms with Gasteiger partial charge in [-0.2, -0.15) is 0 Å². The lowest BCUT2D eigenvalue weighted by molar-refractivity contribution is 1.64. The highest BCUT2D eigenvalue weighted by atomic mass is 13.4. The van der Waals surface area contributed by atoms with Gasteiger partial charge in [0.05, 0.1) is 0 Å². The van der Waals surface area contributed by atoms with E-state index in [4.69, 9.17) is 2.74 Å². The smallest absolute Gasteiger partial charge is 0.0273 e. The minimum Gasteiger partial charge on any atom is -0.0919 e. The average Bonchev–Trinajstić information content (AvgIpc) is 1.35. The van der Waals surface area contributed by atoms with Crippen molar-refractivity contribution in [1.29, 1.82) is 0 Å². The summed E-state index contributed by atoms with van der Waals surface area (Å²) < 4.78 is 13.1. The van der Waals surface area contributed by atoms with E-state index in [0.29, 0.717) is 0 Å². The van der Waals surface area contributed by atoms with Crippen LogP contribution in [-0.2, 0) is 0 Å². The first-order chi connectivity index (χ1) is 2.77. The van der Waals surface area contributed by atoms with Crippen molar-refractivity contribution in [2.75, 3.05) is 0 Å². The van der Waals surface area contributed by atoms with Gasteiger partial charge < -0.3 is 0 Å².